The van der Waals surface area contributed by atoms with Crippen molar-refractivity contribution >= 4 is 38.7 Å². The standard InChI is InChI=1S/C27H30N4O3S/c1-4-31(5-2)18-19-11-13-21(14-12-19)28-26(20-9-7-6-8-10-20)25-23-17-22(30-35(3,33)34)15-16-24(23)29-27(25)32/h6-17,25,30H,4-5,18H2,1-3H3,(H,29,32). The van der Waals surface area contributed by atoms with Crippen LogP contribution in [0.3, 0.4) is 0 Å². The van der Waals surface area contributed by atoms with E-state index in [1.165, 1.54) is 5.56 Å². The molecule has 182 valence electrons. The number of anilines is 2. The van der Waals surface area contributed by atoms with Gasteiger partial charge in [0.2, 0.25) is 15.9 Å². The van der Waals surface area contributed by atoms with Gasteiger partial charge in [0, 0.05) is 17.9 Å². The average molecular weight is 491 g/mol. The van der Waals surface area contributed by atoms with Crippen molar-refractivity contribution in [3.8, 4) is 0 Å². The van der Waals surface area contributed by atoms with E-state index in [1.807, 2.05) is 42.5 Å². The number of carbonyl (C=O) groups is 1. The lowest BCUT2D eigenvalue weighted by atomic mass is 9.90. The van der Waals surface area contributed by atoms with Gasteiger partial charge < -0.3 is 5.32 Å². The highest BCUT2D eigenvalue weighted by Crippen LogP contribution is 2.38. The predicted octanol–water partition coefficient (Wildman–Crippen LogP) is 4.76. The molecule has 35 heavy (non-hydrogen) atoms. The summed E-state index contributed by atoms with van der Waals surface area (Å²) in [5.41, 5.74) is 5.12. The summed E-state index contributed by atoms with van der Waals surface area (Å²) in [5, 5.41) is 2.91. The summed E-state index contributed by atoms with van der Waals surface area (Å²) in [4.78, 5) is 20.4. The van der Waals surface area contributed by atoms with Crippen molar-refractivity contribution in [2.75, 3.05) is 29.4 Å². The molecule has 2 N–H and O–H groups in total. The Labute approximate surface area is 207 Å². The van der Waals surface area contributed by atoms with E-state index >= 15 is 0 Å². The highest BCUT2D eigenvalue weighted by atomic mass is 32.2. The Kier molecular flexibility index (Phi) is 7.33. The molecule has 0 aromatic heterocycles. The van der Waals surface area contributed by atoms with Crippen LogP contribution in [-0.2, 0) is 21.4 Å². The second kappa shape index (κ2) is 10.4. The maximum atomic E-state index is 13.1. The molecule has 7 nitrogen and oxygen atoms in total. The van der Waals surface area contributed by atoms with Crippen LogP contribution in [0.2, 0.25) is 0 Å². The minimum absolute atomic E-state index is 0.197. The zero-order valence-electron chi connectivity index (χ0n) is 20.2. The molecule has 1 aliphatic rings. The van der Waals surface area contributed by atoms with Crippen LogP contribution in [0.25, 0.3) is 0 Å². The van der Waals surface area contributed by atoms with Crippen LogP contribution in [-0.4, -0.2) is 44.3 Å². The number of aliphatic imine (C=N–C) groups is 1. The zero-order chi connectivity index (χ0) is 25.0. The van der Waals surface area contributed by atoms with Gasteiger partial charge >= 0.3 is 0 Å². The molecule has 0 fully saturated rings. The second-order valence-electron chi connectivity index (χ2n) is 8.59. The zero-order valence-corrected chi connectivity index (χ0v) is 21.0. The molecule has 1 heterocycles. The van der Waals surface area contributed by atoms with Crippen LogP contribution in [0, 0.1) is 0 Å². The normalized spacial score (nSPS) is 15.7. The largest absolute Gasteiger partial charge is 0.325 e. The van der Waals surface area contributed by atoms with E-state index in [0.29, 0.717) is 22.6 Å². The summed E-state index contributed by atoms with van der Waals surface area (Å²) < 4.78 is 26.0. The van der Waals surface area contributed by atoms with Gasteiger partial charge in [-0.15, -0.1) is 0 Å². The number of sulfonamides is 1. The van der Waals surface area contributed by atoms with Crippen LogP contribution in [0.15, 0.2) is 77.8 Å². The van der Waals surface area contributed by atoms with Gasteiger partial charge in [-0.3, -0.25) is 19.4 Å². The fourth-order valence-electron chi connectivity index (χ4n) is 4.24. The van der Waals surface area contributed by atoms with Crippen molar-refractivity contribution in [1.29, 1.82) is 0 Å². The molecule has 1 aliphatic heterocycles. The van der Waals surface area contributed by atoms with E-state index in [0.717, 1.165) is 37.1 Å². The second-order valence-corrected chi connectivity index (χ2v) is 10.3. The molecule has 0 saturated heterocycles. The lowest BCUT2D eigenvalue weighted by Crippen LogP contribution is -2.22. The van der Waals surface area contributed by atoms with Crippen molar-refractivity contribution in [3.63, 3.8) is 0 Å². The molecule has 0 saturated carbocycles. The van der Waals surface area contributed by atoms with E-state index in [-0.39, 0.29) is 5.91 Å². The molecular weight excluding hydrogens is 460 g/mol. The van der Waals surface area contributed by atoms with E-state index in [1.54, 1.807) is 18.2 Å². The number of carbonyl (C=O) groups excluding carboxylic acids is 1. The fraction of sp³-hybridized carbons (Fsp3) is 0.259. The van der Waals surface area contributed by atoms with Gasteiger partial charge in [-0.05, 0) is 60.1 Å². The van der Waals surface area contributed by atoms with Gasteiger partial charge in [0.1, 0.15) is 5.92 Å². The van der Waals surface area contributed by atoms with Gasteiger partial charge in [-0.25, -0.2) is 8.42 Å². The summed E-state index contributed by atoms with van der Waals surface area (Å²) in [6.07, 6.45) is 1.10. The van der Waals surface area contributed by atoms with E-state index in [2.05, 4.69) is 40.9 Å². The van der Waals surface area contributed by atoms with Crippen LogP contribution >= 0.6 is 0 Å². The summed E-state index contributed by atoms with van der Waals surface area (Å²) in [5.74, 6) is -0.874. The first-order chi connectivity index (χ1) is 16.8. The first kappa shape index (κ1) is 24.6. The van der Waals surface area contributed by atoms with Gasteiger partial charge in [-0.2, -0.15) is 0 Å². The number of benzene rings is 3. The predicted molar refractivity (Wildman–Crippen MR) is 142 cm³/mol. The van der Waals surface area contributed by atoms with Gasteiger partial charge in [0.05, 0.1) is 17.7 Å². The molecule has 8 heteroatoms. The monoisotopic (exact) mass is 490 g/mol. The molecule has 0 spiro atoms. The SMILES string of the molecule is CCN(CC)Cc1ccc(N=C(c2ccccc2)C2C(=O)Nc3ccc(NS(C)(=O)=O)cc32)cc1. The van der Waals surface area contributed by atoms with Crippen LogP contribution < -0.4 is 10.0 Å². The van der Waals surface area contributed by atoms with E-state index in [4.69, 9.17) is 4.99 Å². The molecule has 3 aromatic carbocycles. The molecular formula is C27H30N4O3S. The number of nitrogens with one attached hydrogen (secondary N) is 2. The van der Waals surface area contributed by atoms with Crippen molar-refractivity contribution < 1.29 is 13.2 Å². The molecule has 4 rings (SSSR count). The Bertz CT molecular complexity index is 1330. The molecule has 0 aliphatic carbocycles. The highest BCUT2D eigenvalue weighted by molar-refractivity contribution is 7.92. The average Bonchev–Trinajstić information content (AvgIpc) is 3.16. The molecule has 0 bridgehead atoms. The third-order valence-electron chi connectivity index (χ3n) is 6.02. The number of hydrogen-bond acceptors (Lipinski definition) is 5. The highest BCUT2D eigenvalue weighted by Gasteiger charge is 2.35. The number of fused-ring (bicyclic) bond motifs is 1. The molecule has 0 radical (unpaired) electrons. The Balaban J connectivity index is 1.74. The van der Waals surface area contributed by atoms with Crippen molar-refractivity contribution in [2.45, 2.75) is 26.3 Å². The van der Waals surface area contributed by atoms with Crippen LogP contribution in [0.5, 0.6) is 0 Å². The summed E-state index contributed by atoms with van der Waals surface area (Å²) in [7, 11) is -3.45. The van der Waals surface area contributed by atoms with E-state index < -0.39 is 15.9 Å². The van der Waals surface area contributed by atoms with Gasteiger partial charge in [-0.1, -0.05) is 56.3 Å². The molecule has 1 atom stereocenters. The third-order valence-corrected chi connectivity index (χ3v) is 6.62. The fourth-order valence-corrected chi connectivity index (χ4v) is 4.79. The Morgan fingerprint density at radius 3 is 2.31 bits per heavy atom. The van der Waals surface area contributed by atoms with Crippen molar-refractivity contribution in [1.82, 2.24) is 4.90 Å². The minimum atomic E-state index is -3.45. The quantitative estimate of drug-likeness (QED) is 0.423. The topological polar surface area (TPSA) is 90.9 Å². The summed E-state index contributed by atoms with van der Waals surface area (Å²) >= 11 is 0. The summed E-state index contributed by atoms with van der Waals surface area (Å²) in [6, 6.07) is 22.7. The Hall–Kier alpha value is -3.49. The first-order valence-corrected chi connectivity index (χ1v) is 13.5. The lowest BCUT2D eigenvalue weighted by molar-refractivity contribution is -0.115. The molecule has 1 amide bonds. The minimum Gasteiger partial charge on any atom is -0.325 e. The Morgan fingerprint density at radius 1 is 1.00 bits per heavy atom. The van der Waals surface area contributed by atoms with Crippen molar-refractivity contribution in [2.24, 2.45) is 4.99 Å². The lowest BCUT2D eigenvalue weighted by Gasteiger charge is -2.18. The number of nitrogens with zero attached hydrogens (tertiary/aromatic N) is 2. The number of amides is 1. The van der Waals surface area contributed by atoms with Gasteiger partial charge in [0.25, 0.3) is 0 Å². The summed E-state index contributed by atoms with van der Waals surface area (Å²) in [6.45, 7) is 7.14. The maximum absolute atomic E-state index is 13.1. The van der Waals surface area contributed by atoms with E-state index in [9.17, 15) is 13.2 Å². The number of hydrogen-bond donors (Lipinski definition) is 2. The third kappa shape index (κ3) is 5.96. The molecule has 1 unspecified atom stereocenters. The van der Waals surface area contributed by atoms with Crippen molar-refractivity contribution in [3.05, 3.63) is 89.5 Å². The number of rotatable bonds is 9. The van der Waals surface area contributed by atoms with Gasteiger partial charge in [0.15, 0.2) is 0 Å². The van der Waals surface area contributed by atoms with Crippen LogP contribution in [0.1, 0.15) is 36.5 Å². The molecule has 3 aromatic rings. The maximum Gasteiger partial charge on any atom is 0.238 e. The smallest absolute Gasteiger partial charge is 0.238 e. The van der Waals surface area contributed by atoms with Crippen LogP contribution in [0.4, 0.5) is 17.1 Å². The Morgan fingerprint density at radius 2 is 1.69 bits per heavy atom. The first-order valence-electron chi connectivity index (χ1n) is 11.6.